The van der Waals surface area contributed by atoms with Crippen LogP contribution in [0.15, 0.2) is 18.2 Å². The Morgan fingerprint density at radius 1 is 1.33 bits per heavy atom. The zero-order valence-corrected chi connectivity index (χ0v) is 13.6. The van der Waals surface area contributed by atoms with Gasteiger partial charge in [-0.3, -0.25) is 9.59 Å². The Morgan fingerprint density at radius 3 is 2.67 bits per heavy atom. The average molecular weight is 327 g/mol. The lowest BCUT2D eigenvalue weighted by Gasteiger charge is -2.21. The van der Waals surface area contributed by atoms with E-state index in [1.807, 2.05) is 13.8 Å². The fourth-order valence-corrected chi connectivity index (χ4v) is 4.30. The van der Waals surface area contributed by atoms with Gasteiger partial charge in [0.25, 0.3) is 0 Å². The maximum absolute atomic E-state index is 13.1. The second kappa shape index (κ2) is 4.33. The summed E-state index contributed by atoms with van der Waals surface area (Å²) in [5.41, 5.74) is -0.494. The van der Waals surface area contributed by atoms with E-state index in [4.69, 9.17) is 4.74 Å². The normalized spacial score (nSPS) is 27.0. The van der Waals surface area contributed by atoms with Crippen LogP contribution in [0.2, 0.25) is 0 Å². The number of fused-ring (bicyclic) bond motifs is 4. The number of carboxylic acids is 1. The van der Waals surface area contributed by atoms with Gasteiger partial charge in [-0.15, -0.1) is 0 Å². The van der Waals surface area contributed by atoms with Gasteiger partial charge < -0.3 is 14.8 Å². The van der Waals surface area contributed by atoms with Crippen LogP contribution in [0.5, 0.6) is 0 Å². The number of nitrogens with one attached hydrogen (secondary N) is 1. The van der Waals surface area contributed by atoms with Crippen molar-refractivity contribution in [3.05, 3.63) is 35.0 Å². The maximum atomic E-state index is 13.1. The number of carbonyl (C=O) groups excluding carboxylic acids is 2. The molecule has 6 heteroatoms. The van der Waals surface area contributed by atoms with Crippen LogP contribution in [0.25, 0.3) is 10.9 Å². The lowest BCUT2D eigenvalue weighted by molar-refractivity contribution is 0.0117. The number of ether oxygens (including phenoxy) is 1. The number of H-pyrrole nitrogens is 1. The molecule has 2 atom stereocenters. The molecule has 1 aromatic heterocycles. The first kappa shape index (κ1) is 15.1. The van der Waals surface area contributed by atoms with Gasteiger partial charge in [-0.25, -0.2) is 4.79 Å². The Morgan fingerprint density at radius 2 is 2.04 bits per heavy atom. The molecule has 1 saturated carbocycles. The van der Waals surface area contributed by atoms with Gasteiger partial charge in [0.1, 0.15) is 5.60 Å². The number of rotatable bonds is 3. The Hall–Kier alpha value is -2.47. The van der Waals surface area contributed by atoms with Gasteiger partial charge in [-0.1, -0.05) is 13.8 Å². The van der Waals surface area contributed by atoms with Crippen LogP contribution in [-0.2, 0) is 4.74 Å². The summed E-state index contributed by atoms with van der Waals surface area (Å²) in [6, 6.07) is 4.48. The molecule has 1 fully saturated rings. The van der Waals surface area contributed by atoms with E-state index in [0.29, 0.717) is 23.1 Å². The SMILES string of the molecule is CCO[C@]12C(=O)c3[nH]c4ccc(C(=O)O)cc4c3C(=O)[C@H]1C2(C)C. The molecule has 6 nitrogen and oxygen atoms in total. The van der Waals surface area contributed by atoms with E-state index < -0.39 is 22.9 Å². The predicted molar refractivity (Wildman–Crippen MR) is 85.5 cm³/mol. The van der Waals surface area contributed by atoms with Gasteiger partial charge in [0.2, 0.25) is 5.78 Å². The van der Waals surface area contributed by atoms with Gasteiger partial charge in [0, 0.05) is 22.9 Å². The number of carbonyl (C=O) groups is 3. The summed E-state index contributed by atoms with van der Waals surface area (Å²) in [6.07, 6.45) is 0. The molecule has 0 aliphatic heterocycles. The summed E-state index contributed by atoms with van der Waals surface area (Å²) >= 11 is 0. The Kier molecular flexibility index (Phi) is 2.72. The molecule has 0 radical (unpaired) electrons. The number of ketones is 2. The number of carboxylic acid groups (broad SMARTS) is 1. The summed E-state index contributed by atoms with van der Waals surface area (Å²) in [5, 5.41) is 9.66. The molecule has 2 aliphatic rings. The van der Waals surface area contributed by atoms with E-state index >= 15 is 0 Å². The number of hydrogen-bond donors (Lipinski definition) is 2. The van der Waals surface area contributed by atoms with Crippen molar-refractivity contribution >= 4 is 28.4 Å². The number of hydrogen-bond acceptors (Lipinski definition) is 4. The second-order valence-electron chi connectivity index (χ2n) is 6.96. The van der Waals surface area contributed by atoms with Crippen molar-refractivity contribution in [2.75, 3.05) is 6.61 Å². The molecule has 24 heavy (non-hydrogen) atoms. The smallest absolute Gasteiger partial charge is 0.335 e. The van der Waals surface area contributed by atoms with Crippen molar-refractivity contribution in [3.8, 4) is 0 Å². The monoisotopic (exact) mass is 327 g/mol. The van der Waals surface area contributed by atoms with Crippen LogP contribution >= 0.6 is 0 Å². The molecular formula is C18H17NO5. The van der Waals surface area contributed by atoms with E-state index in [-0.39, 0.29) is 22.8 Å². The first-order chi connectivity index (χ1) is 11.3. The first-order valence-corrected chi connectivity index (χ1v) is 7.89. The van der Waals surface area contributed by atoms with E-state index in [9.17, 15) is 19.5 Å². The minimum Gasteiger partial charge on any atom is -0.478 e. The van der Waals surface area contributed by atoms with Crippen LogP contribution < -0.4 is 0 Å². The van der Waals surface area contributed by atoms with Crippen LogP contribution in [0.4, 0.5) is 0 Å². The van der Waals surface area contributed by atoms with Crippen LogP contribution in [-0.4, -0.2) is 39.8 Å². The largest absolute Gasteiger partial charge is 0.478 e. The molecule has 4 rings (SSSR count). The first-order valence-electron chi connectivity index (χ1n) is 7.89. The molecular weight excluding hydrogens is 310 g/mol. The molecule has 0 unspecified atom stereocenters. The van der Waals surface area contributed by atoms with Crippen LogP contribution in [0.3, 0.4) is 0 Å². The van der Waals surface area contributed by atoms with E-state index in [0.717, 1.165) is 0 Å². The summed E-state index contributed by atoms with van der Waals surface area (Å²) < 4.78 is 5.77. The summed E-state index contributed by atoms with van der Waals surface area (Å²) in [7, 11) is 0. The average Bonchev–Trinajstić information content (AvgIpc) is 2.86. The zero-order chi connectivity index (χ0) is 17.4. The Bertz CT molecular complexity index is 938. The van der Waals surface area contributed by atoms with Crippen molar-refractivity contribution < 1.29 is 24.2 Å². The quantitative estimate of drug-likeness (QED) is 0.903. The van der Waals surface area contributed by atoms with Gasteiger partial charge in [0.15, 0.2) is 5.78 Å². The number of aromatic nitrogens is 1. The Labute approximate surface area is 137 Å². The highest BCUT2D eigenvalue weighted by atomic mass is 16.5. The number of aromatic carboxylic acids is 1. The Balaban J connectivity index is 1.97. The number of aromatic amines is 1. The molecule has 2 N–H and O–H groups in total. The third-order valence-corrected chi connectivity index (χ3v) is 5.49. The molecule has 1 aromatic carbocycles. The number of Topliss-reactive ketones (excluding diaryl/α,β-unsaturated/α-hetero) is 2. The fraction of sp³-hybridized carbons (Fsp3) is 0.389. The van der Waals surface area contributed by atoms with Gasteiger partial charge >= 0.3 is 5.97 Å². The number of benzene rings is 1. The van der Waals surface area contributed by atoms with Crippen molar-refractivity contribution in [2.45, 2.75) is 26.4 Å². The predicted octanol–water partition coefficient (Wildman–Crippen LogP) is 2.68. The van der Waals surface area contributed by atoms with Crippen molar-refractivity contribution in [1.82, 2.24) is 4.98 Å². The zero-order valence-electron chi connectivity index (χ0n) is 13.6. The molecule has 0 saturated heterocycles. The van der Waals surface area contributed by atoms with E-state index in [2.05, 4.69) is 4.98 Å². The summed E-state index contributed by atoms with van der Waals surface area (Å²) in [4.78, 5) is 40.4. The topological polar surface area (TPSA) is 96.5 Å². The third-order valence-electron chi connectivity index (χ3n) is 5.49. The van der Waals surface area contributed by atoms with Gasteiger partial charge in [-0.2, -0.15) is 0 Å². The van der Waals surface area contributed by atoms with E-state index in [1.54, 1.807) is 13.0 Å². The standard InChI is InChI=1S/C18H17NO5/c1-4-24-18-14(17(18,2)3)13(20)11-9-7-8(16(22)23)5-6-10(9)19-12(11)15(18)21/h5-7,14,19H,4H2,1-3H3,(H,22,23)/t14-,18-/m0/s1. The molecule has 2 aliphatic carbocycles. The maximum Gasteiger partial charge on any atom is 0.335 e. The molecule has 124 valence electrons. The molecule has 0 amide bonds. The van der Waals surface area contributed by atoms with Crippen LogP contribution in [0.1, 0.15) is 52.0 Å². The highest BCUT2D eigenvalue weighted by Gasteiger charge is 2.81. The van der Waals surface area contributed by atoms with Gasteiger partial charge in [0.05, 0.1) is 22.7 Å². The van der Waals surface area contributed by atoms with E-state index in [1.165, 1.54) is 12.1 Å². The highest BCUT2D eigenvalue weighted by Crippen LogP contribution is 2.68. The second-order valence-corrected chi connectivity index (χ2v) is 6.96. The molecule has 2 aromatic rings. The summed E-state index contributed by atoms with van der Waals surface area (Å²) in [6.45, 7) is 5.87. The molecule has 0 spiro atoms. The lowest BCUT2D eigenvalue weighted by atomic mass is 9.90. The van der Waals surface area contributed by atoms with Crippen molar-refractivity contribution in [2.24, 2.45) is 11.3 Å². The van der Waals surface area contributed by atoms with Crippen molar-refractivity contribution in [3.63, 3.8) is 0 Å². The highest BCUT2D eigenvalue weighted by molar-refractivity contribution is 6.28. The van der Waals surface area contributed by atoms with Crippen molar-refractivity contribution in [1.29, 1.82) is 0 Å². The third kappa shape index (κ3) is 1.47. The lowest BCUT2D eigenvalue weighted by Crippen LogP contribution is -2.38. The van der Waals surface area contributed by atoms with Gasteiger partial charge in [-0.05, 0) is 25.1 Å². The minimum absolute atomic E-state index is 0.0845. The fourth-order valence-electron chi connectivity index (χ4n) is 4.30. The van der Waals surface area contributed by atoms with Crippen LogP contribution in [0, 0.1) is 11.3 Å². The molecule has 0 bridgehead atoms. The summed E-state index contributed by atoms with van der Waals surface area (Å²) in [5.74, 6) is -1.98. The molecule has 1 heterocycles. The minimum atomic E-state index is -1.11.